The molecular formula is C17H26ClNO6Si. The number of rotatable bonds is 6. The van der Waals surface area contributed by atoms with E-state index in [1.54, 1.807) is 50.8 Å². The second kappa shape index (κ2) is 9.58. The molecule has 1 N–H and O–H groups in total. The molecule has 0 aliphatic heterocycles. The number of carbonyl (C=O) groups is 3. The molecule has 7 nitrogen and oxygen atoms in total. The van der Waals surface area contributed by atoms with Crippen LogP contribution in [-0.4, -0.2) is 48.0 Å². The third-order valence-electron chi connectivity index (χ3n) is 4.16. The van der Waals surface area contributed by atoms with Crippen molar-refractivity contribution < 1.29 is 29.0 Å². The van der Waals surface area contributed by atoms with Crippen LogP contribution in [0.15, 0.2) is 30.3 Å². The monoisotopic (exact) mass is 403 g/mol. The minimum absolute atomic E-state index is 0. The van der Waals surface area contributed by atoms with Crippen LogP contribution in [0.2, 0.25) is 19.6 Å². The Kier molecular flexibility index (Phi) is 8.82. The van der Waals surface area contributed by atoms with Gasteiger partial charge in [0.05, 0.1) is 14.7 Å². The number of halogens is 1. The minimum Gasteiger partial charge on any atom is -0.480 e. The molecule has 26 heavy (non-hydrogen) atoms. The van der Waals surface area contributed by atoms with Crippen molar-refractivity contribution in [3.8, 4) is 0 Å². The number of nitrogens with zero attached hydrogens (tertiary/aromatic N) is 1. The fraction of sp³-hybridized carbons (Fsp3) is 0.471. The van der Waals surface area contributed by atoms with E-state index < -0.39 is 31.4 Å². The van der Waals surface area contributed by atoms with Gasteiger partial charge in [0.15, 0.2) is 0 Å². The number of hydrogen-bond acceptors (Lipinski definition) is 5. The number of hydrogen-bond donors (Lipinski definition) is 1. The predicted octanol–water partition coefficient (Wildman–Crippen LogP) is 3.92. The molecule has 0 radical (unpaired) electrons. The summed E-state index contributed by atoms with van der Waals surface area (Å²) in [6.45, 7) is 8.17. The molecule has 1 rings (SSSR count). The van der Waals surface area contributed by atoms with Crippen LogP contribution in [0, 0.1) is 0 Å². The maximum atomic E-state index is 12.6. The fourth-order valence-electron chi connectivity index (χ4n) is 2.16. The zero-order chi connectivity index (χ0) is 19.3. The first-order valence-corrected chi connectivity index (χ1v) is 11.5. The van der Waals surface area contributed by atoms with Crippen LogP contribution in [0.5, 0.6) is 0 Å². The Bertz CT molecular complexity index is 634. The lowest BCUT2D eigenvalue weighted by atomic mass is 10.2. The topological polar surface area (TPSA) is 93.1 Å². The van der Waals surface area contributed by atoms with E-state index in [0.717, 1.165) is 5.56 Å². The zero-order valence-corrected chi connectivity index (χ0v) is 17.5. The van der Waals surface area contributed by atoms with Crippen molar-refractivity contribution in [3.63, 3.8) is 0 Å². The van der Waals surface area contributed by atoms with Crippen molar-refractivity contribution >= 4 is 38.6 Å². The highest BCUT2D eigenvalue weighted by Crippen LogP contribution is 2.30. The van der Waals surface area contributed by atoms with Crippen LogP contribution in [0.25, 0.3) is 0 Å². The lowest BCUT2D eigenvalue weighted by Gasteiger charge is -2.42. The summed E-state index contributed by atoms with van der Waals surface area (Å²) in [4.78, 5) is 37.5. The predicted molar refractivity (Wildman–Crippen MR) is 102 cm³/mol. The number of benzene rings is 1. The van der Waals surface area contributed by atoms with Gasteiger partial charge in [0, 0.05) is 0 Å². The molecule has 1 aromatic rings. The molecule has 0 saturated carbocycles. The van der Waals surface area contributed by atoms with Crippen LogP contribution in [-0.2, 0) is 20.9 Å². The van der Waals surface area contributed by atoms with E-state index in [9.17, 15) is 19.5 Å². The first-order valence-electron chi connectivity index (χ1n) is 7.96. The largest absolute Gasteiger partial charge is 0.480 e. The zero-order valence-electron chi connectivity index (χ0n) is 15.6. The number of carboxylic acid groups (broad SMARTS) is 1. The summed E-state index contributed by atoms with van der Waals surface area (Å²) in [6.07, 6.45) is -2.05. The number of carbonyl (C=O) groups excluding carboxylic acids is 2. The maximum absolute atomic E-state index is 12.6. The molecule has 0 spiro atoms. The highest BCUT2D eigenvalue weighted by Gasteiger charge is 2.56. The van der Waals surface area contributed by atoms with Crippen molar-refractivity contribution in [3.05, 3.63) is 35.9 Å². The lowest BCUT2D eigenvalue weighted by Crippen LogP contribution is -2.69. The third kappa shape index (κ3) is 5.22. The Labute approximate surface area is 160 Å². The quantitative estimate of drug-likeness (QED) is 0.723. The van der Waals surface area contributed by atoms with E-state index in [2.05, 4.69) is 0 Å². The van der Waals surface area contributed by atoms with E-state index in [1.165, 1.54) is 6.92 Å². The molecule has 0 aromatic heterocycles. The average molecular weight is 404 g/mol. The molecule has 1 atom stereocenters. The summed E-state index contributed by atoms with van der Waals surface area (Å²) < 4.78 is 10.1. The number of ether oxygens (including phenoxy) is 2. The first-order chi connectivity index (χ1) is 11.6. The molecule has 9 heteroatoms. The summed E-state index contributed by atoms with van der Waals surface area (Å²) in [6, 6.07) is 8.92. The number of amides is 2. The minimum atomic E-state index is -2.58. The van der Waals surface area contributed by atoms with Crippen molar-refractivity contribution in [2.45, 2.75) is 45.3 Å². The van der Waals surface area contributed by atoms with Gasteiger partial charge < -0.3 is 14.6 Å². The normalized spacial score (nSPS) is 13.0. The molecule has 0 unspecified atom stereocenters. The molecule has 146 valence electrons. The second-order valence-electron chi connectivity index (χ2n) is 6.70. The van der Waals surface area contributed by atoms with Gasteiger partial charge in [-0.05, 0) is 19.4 Å². The van der Waals surface area contributed by atoms with Crippen molar-refractivity contribution in [1.82, 2.24) is 4.90 Å². The Morgan fingerprint density at radius 3 is 2.00 bits per heavy atom. The number of imide groups is 1. The van der Waals surface area contributed by atoms with Crippen LogP contribution in [0.1, 0.15) is 19.4 Å². The van der Waals surface area contributed by atoms with Gasteiger partial charge in [-0.3, -0.25) is 4.79 Å². The van der Waals surface area contributed by atoms with Crippen molar-refractivity contribution in [1.29, 1.82) is 0 Å². The highest BCUT2D eigenvalue weighted by atomic mass is 35.5. The average Bonchev–Trinajstić information content (AvgIpc) is 2.53. The van der Waals surface area contributed by atoms with Crippen LogP contribution >= 0.6 is 12.4 Å². The summed E-state index contributed by atoms with van der Waals surface area (Å²) in [5.41, 5.74) is 0.727. The lowest BCUT2D eigenvalue weighted by molar-refractivity contribution is -0.144. The Hall–Kier alpha value is -2.06. The van der Waals surface area contributed by atoms with Gasteiger partial charge in [0.1, 0.15) is 11.8 Å². The molecule has 0 fully saturated rings. The summed E-state index contributed by atoms with van der Waals surface area (Å²) in [5.74, 6) is -1.27. The summed E-state index contributed by atoms with van der Waals surface area (Å²) >= 11 is 0. The Balaban J connectivity index is 0.00000625. The van der Waals surface area contributed by atoms with Gasteiger partial charge in [-0.1, -0.05) is 50.0 Å². The Morgan fingerprint density at radius 2 is 1.58 bits per heavy atom. The van der Waals surface area contributed by atoms with Gasteiger partial charge in [0.25, 0.3) is 0 Å². The first kappa shape index (κ1) is 23.9. The Morgan fingerprint density at radius 1 is 1.08 bits per heavy atom. The summed E-state index contributed by atoms with van der Waals surface area (Å²) in [5, 5.41) is 8.05. The van der Waals surface area contributed by atoms with E-state index in [4.69, 9.17) is 9.47 Å². The molecule has 2 amide bonds. The molecular weight excluding hydrogens is 378 g/mol. The molecule has 0 aliphatic rings. The van der Waals surface area contributed by atoms with Crippen LogP contribution in [0.3, 0.4) is 0 Å². The fourth-order valence-corrected chi connectivity index (χ4v) is 3.66. The van der Waals surface area contributed by atoms with Crippen molar-refractivity contribution in [2.24, 2.45) is 0 Å². The standard InChI is InChI=1S/C17H25NO6Si.ClH/c1-6-23-15(21)18(17(2,14(19)20)25(3,4)5)16(22)24-12-13-10-8-7-9-11-13;/h7-11H,6,12H2,1-5H3,(H,19,20);1H/t17-;/m1./s1. The molecule has 0 aliphatic carbocycles. The SMILES string of the molecule is CCOC(=O)N(C(=O)OCc1ccccc1)[C@@](C)(C(=O)O)[Si](C)(C)C.Cl. The van der Waals surface area contributed by atoms with E-state index in [-0.39, 0.29) is 25.6 Å². The molecule has 0 heterocycles. The molecule has 0 saturated heterocycles. The van der Waals surface area contributed by atoms with Crippen LogP contribution < -0.4 is 0 Å². The number of aliphatic carboxylic acids is 1. The number of carboxylic acids is 1. The van der Waals surface area contributed by atoms with E-state index in [0.29, 0.717) is 4.90 Å². The van der Waals surface area contributed by atoms with E-state index in [1.807, 2.05) is 6.07 Å². The van der Waals surface area contributed by atoms with E-state index >= 15 is 0 Å². The summed E-state index contributed by atoms with van der Waals surface area (Å²) in [7, 11) is -2.58. The molecule has 1 aromatic carbocycles. The van der Waals surface area contributed by atoms with Crippen LogP contribution in [0.4, 0.5) is 9.59 Å². The van der Waals surface area contributed by atoms with Gasteiger partial charge in [-0.15, -0.1) is 12.4 Å². The third-order valence-corrected chi connectivity index (χ3v) is 7.52. The second-order valence-corrected chi connectivity index (χ2v) is 12.2. The van der Waals surface area contributed by atoms with Gasteiger partial charge in [-0.2, -0.15) is 4.90 Å². The molecule has 0 bridgehead atoms. The van der Waals surface area contributed by atoms with Gasteiger partial charge in [-0.25, -0.2) is 9.59 Å². The maximum Gasteiger partial charge on any atom is 0.420 e. The van der Waals surface area contributed by atoms with Gasteiger partial charge in [0.2, 0.25) is 0 Å². The van der Waals surface area contributed by atoms with Crippen molar-refractivity contribution in [2.75, 3.05) is 6.61 Å². The highest BCUT2D eigenvalue weighted by molar-refractivity contribution is 6.82. The van der Waals surface area contributed by atoms with Gasteiger partial charge >= 0.3 is 18.2 Å². The smallest absolute Gasteiger partial charge is 0.420 e.